The van der Waals surface area contributed by atoms with Crippen molar-refractivity contribution in [2.75, 3.05) is 26.4 Å². The number of rotatable bonds is 6. The van der Waals surface area contributed by atoms with Crippen molar-refractivity contribution in [3.05, 3.63) is 33.8 Å². The zero-order valence-electron chi connectivity index (χ0n) is 10.9. The Hall–Kier alpha value is -0.430. The summed E-state index contributed by atoms with van der Waals surface area (Å²) < 4.78 is 25.4. The number of benzene rings is 1. The Bertz CT molecular complexity index is 501. The Morgan fingerprint density at radius 1 is 1.33 bits per heavy atom. The van der Waals surface area contributed by atoms with Gasteiger partial charge < -0.3 is 5.32 Å². The van der Waals surface area contributed by atoms with Gasteiger partial charge in [0.1, 0.15) is 0 Å². The van der Waals surface area contributed by atoms with Crippen molar-refractivity contribution in [2.24, 2.45) is 0 Å². The highest BCUT2D eigenvalue weighted by molar-refractivity contribution is 9.10. The van der Waals surface area contributed by atoms with Crippen LogP contribution in [0.5, 0.6) is 0 Å². The van der Waals surface area contributed by atoms with Crippen molar-refractivity contribution in [2.45, 2.75) is 13.5 Å². The summed E-state index contributed by atoms with van der Waals surface area (Å²) in [6.07, 6.45) is 0. The van der Waals surface area contributed by atoms with Gasteiger partial charge in [0, 0.05) is 31.7 Å². The molecule has 0 aliphatic carbocycles. The van der Waals surface area contributed by atoms with E-state index >= 15 is 0 Å². The third-order valence-corrected chi connectivity index (χ3v) is 5.19. The molecule has 0 aromatic heterocycles. The molecule has 0 amide bonds. The molecular formula is C12H19BrN2O2S. The summed E-state index contributed by atoms with van der Waals surface area (Å²) in [6, 6.07) is 6.12. The highest BCUT2D eigenvalue weighted by atomic mass is 79.9. The first-order valence-corrected chi connectivity index (χ1v) is 8.09. The van der Waals surface area contributed by atoms with E-state index in [1.807, 2.05) is 25.1 Å². The molecule has 1 N–H and O–H groups in total. The molecule has 4 nitrogen and oxygen atoms in total. The second-order valence-electron chi connectivity index (χ2n) is 4.37. The van der Waals surface area contributed by atoms with Crippen LogP contribution < -0.4 is 5.32 Å². The predicted molar refractivity (Wildman–Crippen MR) is 78.1 cm³/mol. The summed E-state index contributed by atoms with van der Waals surface area (Å²) in [5.41, 5.74) is 2.32. The van der Waals surface area contributed by atoms with Gasteiger partial charge in [-0.25, -0.2) is 12.7 Å². The topological polar surface area (TPSA) is 49.4 Å². The van der Waals surface area contributed by atoms with Crippen LogP contribution in [0.2, 0.25) is 0 Å². The van der Waals surface area contributed by atoms with E-state index < -0.39 is 10.0 Å². The molecule has 1 aromatic carbocycles. The van der Waals surface area contributed by atoms with Crippen LogP contribution in [0.25, 0.3) is 0 Å². The number of hydrogen-bond acceptors (Lipinski definition) is 3. The third-order valence-electron chi connectivity index (χ3n) is 2.62. The lowest BCUT2D eigenvalue weighted by atomic mass is 10.1. The van der Waals surface area contributed by atoms with Crippen molar-refractivity contribution < 1.29 is 8.42 Å². The molecule has 1 rings (SSSR count). The van der Waals surface area contributed by atoms with E-state index in [4.69, 9.17) is 0 Å². The summed E-state index contributed by atoms with van der Waals surface area (Å²) in [7, 11) is -0.0153. The summed E-state index contributed by atoms with van der Waals surface area (Å²) in [5.74, 6) is 0.115. The van der Waals surface area contributed by atoms with Crippen molar-refractivity contribution in [1.82, 2.24) is 9.62 Å². The third kappa shape index (κ3) is 4.68. The second kappa shape index (κ2) is 6.65. The minimum atomic E-state index is -3.11. The van der Waals surface area contributed by atoms with Gasteiger partial charge in [-0.1, -0.05) is 28.1 Å². The highest BCUT2D eigenvalue weighted by Crippen LogP contribution is 2.17. The van der Waals surface area contributed by atoms with Gasteiger partial charge in [0.2, 0.25) is 10.0 Å². The van der Waals surface area contributed by atoms with Crippen LogP contribution in [-0.4, -0.2) is 39.1 Å². The number of sulfonamides is 1. The van der Waals surface area contributed by atoms with Gasteiger partial charge >= 0.3 is 0 Å². The molecule has 1 aromatic rings. The fourth-order valence-corrected chi connectivity index (χ4v) is 2.80. The molecule has 0 unspecified atom stereocenters. The fraction of sp³-hybridized carbons (Fsp3) is 0.500. The standard InChI is InChI=1S/C12H19BrN2O2S/c1-10-4-5-11(12(13)8-10)9-14-6-7-18(16,17)15(2)3/h4-5,8,14H,6-7,9H2,1-3H3. The smallest absolute Gasteiger partial charge is 0.214 e. The molecule has 18 heavy (non-hydrogen) atoms. The molecule has 0 atom stereocenters. The van der Waals surface area contributed by atoms with E-state index in [1.165, 1.54) is 9.87 Å². The Labute approximate surface area is 118 Å². The Morgan fingerprint density at radius 2 is 2.00 bits per heavy atom. The van der Waals surface area contributed by atoms with Gasteiger partial charge in [-0.05, 0) is 24.1 Å². The van der Waals surface area contributed by atoms with Crippen LogP contribution in [0, 0.1) is 6.92 Å². The van der Waals surface area contributed by atoms with Gasteiger partial charge in [0.05, 0.1) is 5.75 Å². The molecule has 0 spiro atoms. The summed E-state index contributed by atoms with van der Waals surface area (Å²) in [5, 5.41) is 3.14. The molecule has 0 aliphatic heterocycles. The summed E-state index contributed by atoms with van der Waals surface area (Å²) in [6.45, 7) is 3.14. The van der Waals surface area contributed by atoms with Gasteiger partial charge in [0.15, 0.2) is 0 Å². The molecule has 0 bridgehead atoms. The fourth-order valence-electron chi connectivity index (χ4n) is 1.40. The molecule has 0 saturated carbocycles. The zero-order chi connectivity index (χ0) is 13.8. The van der Waals surface area contributed by atoms with Gasteiger partial charge in [-0.3, -0.25) is 0 Å². The van der Waals surface area contributed by atoms with Crippen LogP contribution in [0.1, 0.15) is 11.1 Å². The van der Waals surface area contributed by atoms with Crippen LogP contribution in [0.4, 0.5) is 0 Å². The Kier molecular flexibility index (Phi) is 5.78. The number of nitrogens with zero attached hydrogens (tertiary/aromatic N) is 1. The van der Waals surface area contributed by atoms with E-state index in [2.05, 4.69) is 21.2 Å². The minimum absolute atomic E-state index is 0.115. The Balaban J connectivity index is 2.43. The number of nitrogens with one attached hydrogen (secondary N) is 1. The lowest BCUT2D eigenvalue weighted by molar-refractivity contribution is 0.517. The molecule has 0 radical (unpaired) electrons. The minimum Gasteiger partial charge on any atom is -0.312 e. The van der Waals surface area contributed by atoms with Crippen LogP contribution >= 0.6 is 15.9 Å². The SMILES string of the molecule is Cc1ccc(CNCCS(=O)(=O)N(C)C)c(Br)c1. The molecule has 6 heteroatoms. The van der Waals surface area contributed by atoms with Crippen LogP contribution in [0.15, 0.2) is 22.7 Å². The van der Waals surface area contributed by atoms with Gasteiger partial charge in [-0.2, -0.15) is 0 Å². The van der Waals surface area contributed by atoms with Gasteiger partial charge in [-0.15, -0.1) is 0 Å². The van der Waals surface area contributed by atoms with E-state index in [0.717, 1.165) is 10.0 Å². The molecule has 0 fully saturated rings. The van der Waals surface area contributed by atoms with Crippen molar-refractivity contribution in [1.29, 1.82) is 0 Å². The van der Waals surface area contributed by atoms with Gasteiger partial charge in [0.25, 0.3) is 0 Å². The lowest BCUT2D eigenvalue weighted by Crippen LogP contribution is -2.31. The molecule has 0 saturated heterocycles. The van der Waals surface area contributed by atoms with Crippen molar-refractivity contribution in [3.8, 4) is 0 Å². The average Bonchev–Trinajstić information content (AvgIpc) is 2.26. The van der Waals surface area contributed by atoms with Crippen LogP contribution in [0.3, 0.4) is 0 Å². The van der Waals surface area contributed by atoms with E-state index in [1.54, 1.807) is 14.1 Å². The molecule has 102 valence electrons. The maximum absolute atomic E-state index is 11.5. The van der Waals surface area contributed by atoms with Crippen molar-refractivity contribution in [3.63, 3.8) is 0 Å². The number of hydrogen-bond donors (Lipinski definition) is 1. The highest BCUT2D eigenvalue weighted by Gasteiger charge is 2.12. The number of halogens is 1. The monoisotopic (exact) mass is 334 g/mol. The van der Waals surface area contributed by atoms with E-state index in [9.17, 15) is 8.42 Å². The average molecular weight is 335 g/mol. The summed E-state index contributed by atoms with van der Waals surface area (Å²) >= 11 is 3.50. The zero-order valence-corrected chi connectivity index (χ0v) is 13.3. The largest absolute Gasteiger partial charge is 0.312 e. The first-order chi connectivity index (χ1) is 8.33. The first-order valence-electron chi connectivity index (χ1n) is 5.69. The van der Waals surface area contributed by atoms with E-state index in [-0.39, 0.29) is 5.75 Å². The second-order valence-corrected chi connectivity index (χ2v) is 7.53. The Morgan fingerprint density at radius 3 is 2.56 bits per heavy atom. The van der Waals surface area contributed by atoms with Crippen LogP contribution in [-0.2, 0) is 16.6 Å². The maximum Gasteiger partial charge on any atom is 0.214 e. The van der Waals surface area contributed by atoms with Crippen molar-refractivity contribution >= 4 is 26.0 Å². The lowest BCUT2D eigenvalue weighted by Gasteiger charge is -2.12. The maximum atomic E-state index is 11.5. The normalized spacial score (nSPS) is 12.1. The molecule has 0 heterocycles. The molecular weight excluding hydrogens is 316 g/mol. The summed E-state index contributed by atoms with van der Waals surface area (Å²) in [4.78, 5) is 0. The predicted octanol–water partition coefficient (Wildman–Crippen LogP) is 1.74. The number of aryl methyl sites for hydroxylation is 1. The van der Waals surface area contributed by atoms with E-state index in [0.29, 0.717) is 13.1 Å². The quantitative estimate of drug-likeness (QED) is 0.806. The molecule has 0 aliphatic rings. The first kappa shape index (κ1) is 15.6.